The van der Waals surface area contributed by atoms with E-state index in [9.17, 15) is 8.42 Å². The molecule has 106 valence electrons. The number of sulfone groups is 1. The molecule has 0 saturated carbocycles. The van der Waals surface area contributed by atoms with E-state index < -0.39 is 9.84 Å². The van der Waals surface area contributed by atoms with Gasteiger partial charge in [0.2, 0.25) is 11.8 Å². The van der Waals surface area contributed by atoms with Crippen molar-refractivity contribution in [3.05, 3.63) is 30.6 Å². The van der Waals surface area contributed by atoms with Gasteiger partial charge in [-0.2, -0.15) is 9.97 Å². The minimum atomic E-state index is -3.31. The molecule has 20 heavy (non-hydrogen) atoms. The number of rotatable bonds is 4. The second-order valence-electron chi connectivity index (χ2n) is 3.95. The monoisotopic (exact) mass is 295 g/mol. The molecule has 0 aliphatic rings. The minimum Gasteiger partial charge on any atom is -0.479 e. The van der Waals surface area contributed by atoms with Crippen LogP contribution in [0.15, 0.2) is 35.5 Å². The van der Waals surface area contributed by atoms with Crippen LogP contribution in [-0.4, -0.2) is 31.8 Å². The predicted molar refractivity (Wildman–Crippen MR) is 72.6 cm³/mol. The number of anilines is 1. The first-order valence-electron chi connectivity index (χ1n) is 5.54. The van der Waals surface area contributed by atoms with E-state index >= 15 is 0 Å². The Morgan fingerprint density at radius 1 is 1.20 bits per heavy atom. The molecule has 8 heteroatoms. The normalized spacial score (nSPS) is 11.1. The van der Waals surface area contributed by atoms with Crippen molar-refractivity contribution in [1.29, 1.82) is 0 Å². The Labute approximate surface area is 116 Å². The van der Waals surface area contributed by atoms with Gasteiger partial charge < -0.3 is 15.2 Å². The molecule has 0 unspecified atom stereocenters. The first-order chi connectivity index (χ1) is 9.41. The van der Waals surface area contributed by atoms with Gasteiger partial charge in [0.1, 0.15) is 12.1 Å². The summed E-state index contributed by atoms with van der Waals surface area (Å²) in [6.07, 6.45) is 2.36. The molecule has 7 nitrogen and oxygen atoms in total. The molecule has 0 bridgehead atoms. The molecule has 0 radical (unpaired) electrons. The molecule has 2 rings (SSSR count). The first-order valence-corrected chi connectivity index (χ1v) is 7.43. The largest absolute Gasteiger partial charge is 0.479 e. The zero-order valence-corrected chi connectivity index (χ0v) is 11.7. The van der Waals surface area contributed by atoms with Crippen molar-refractivity contribution in [2.45, 2.75) is 4.90 Å². The third kappa shape index (κ3) is 2.97. The van der Waals surface area contributed by atoms with E-state index in [2.05, 4.69) is 9.97 Å². The minimum absolute atomic E-state index is 0.0995. The van der Waals surface area contributed by atoms with E-state index in [4.69, 9.17) is 15.2 Å². The summed E-state index contributed by atoms with van der Waals surface area (Å²) in [5, 5.41) is 0. The first kappa shape index (κ1) is 14.1. The fourth-order valence-corrected chi connectivity index (χ4v) is 2.14. The Morgan fingerprint density at radius 2 is 1.90 bits per heavy atom. The van der Waals surface area contributed by atoms with Gasteiger partial charge in [-0.3, -0.25) is 0 Å². The van der Waals surface area contributed by atoms with Crippen LogP contribution in [0.25, 0.3) is 0 Å². The summed E-state index contributed by atoms with van der Waals surface area (Å²) in [5.41, 5.74) is 5.91. The van der Waals surface area contributed by atoms with Crippen LogP contribution in [0.3, 0.4) is 0 Å². The van der Waals surface area contributed by atoms with Gasteiger partial charge in [-0.05, 0) is 18.2 Å². The number of ether oxygens (including phenoxy) is 2. The maximum absolute atomic E-state index is 11.5. The highest BCUT2D eigenvalue weighted by Crippen LogP contribution is 2.30. The summed E-state index contributed by atoms with van der Waals surface area (Å²) in [4.78, 5) is 7.86. The quantitative estimate of drug-likeness (QED) is 0.905. The molecule has 0 atom stereocenters. The van der Waals surface area contributed by atoms with Gasteiger partial charge in [0, 0.05) is 6.26 Å². The third-order valence-corrected chi connectivity index (χ3v) is 3.56. The highest BCUT2D eigenvalue weighted by Gasteiger charge is 2.12. The molecule has 0 spiro atoms. The summed E-state index contributed by atoms with van der Waals surface area (Å²) in [6.45, 7) is 0. The molecule has 1 aromatic heterocycles. The van der Waals surface area contributed by atoms with Crippen molar-refractivity contribution in [3.8, 4) is 17.5 Å². The van der Waals surface area contributed by atoms with Gasteiger partial charge >= 0.3 is 0 Å². The highest BCUT2D eigenvalue weighted by molar-refractivity contribution is 7.90. The number of hydrogen-bond donors (Lipinski definition) is 1. The van der Waals surface area contributed by atoms with Gasteiger partial charge in [-0.15, -0.1) is 0 Å². The smallest absolute Gasteiger partial charge is 0.249 e. The van der Waals surface area contributed by atoms with Gasteiger partial charge in [0.25, 0.3) is 0 Å². The van der Waals surface area contributed by atoms with Crippen LogP contribution >= 0.6 is 0 Å². The molecular weight excluding hydrogens is 282 g/mol. The van der Waals surface area contributed by atoms with Gasteiger partial charge in [-0.25, -0.2) is 8.42 Å². The van der Waals surface area contributed by atoms with Crippen molar-refractivity contribution in [1.82, 2.24) is 9.97 Å². The van der Waals surface area contributed by atoms with Crippen molar-refractivity contribution >= 4 is 15.5 Å². The van der Waals surface area contributed by atoms with Crippen molar-refractivity contribution < 1.29 is 17.9 Å². The second kappa shape index (κ2) is 5.33. The topological polar surface area (TPSA) is 104 Å². The molecule has 0 saturated heterocycles. The SMILES string of the molecule is COc1ncnc(Oc2cccc(S(C)(=O)=O)c2)c1N. The highest BCUT2D eigenvalue weighted by atomic mass is 32.2. The summed E-state index contributed by atoms with van der Waals surface area (Å²) in [6, 6.07) is 6.04. The standard InChI is InChI=1S/C12H13N3O4S/c1-18-11-10(13)12(15-7-14-11)19-8-4-3-5-9(6-8)20(2,16)17/h3-7H,13H2,1-2H3. The third-order valence-electron chi connectivity index (χ3n) is 2.45. The fourth-order valence-electron chi connectivity index (χ4n) is 1.49. The van der Waals surface area contributed by atoms with E-state index in [1.54, 1.807) is 12.1 Å². The van der Waals surface area contributed by atoms with Crippen LogP contribution in [0.5, 0.6) is 17.5 Å². The molecule has 0 amide bonds. The zero-order valence-electron chi connectivity index (χ0n) is 10.9. The average molecular weight is 295 g/mol. The number of methoxy groups -OCH3 is 1. The van der Waals surface area contributed by atoms with Crippen molar-refractivity contribution in [3.63, 3.8) is 0 Å². The van der Waals surface area contributed by atoms with Gasteiger partial charge in [0.15, 0.2) is 15.5 Å². The fraction of sp³-hybridized carbons (Fsp3) is 0.167. The van der Waals surface area contributed by atoms with Gasteiger partial charge in [0.05, 0.1) is 12.0 Å². The van der Waals surface area contributed by atoms with E-state index in [1.165, 1.54) is 25.6 Å². The Hall–Kier alpha value is -2.35. The summed E-state index contributed by atoms with van der Waals surface area (Å²) < 4.78 is 33.4. The molecule has 1 heterocycles. The lowest BCUT2D eigenvalue weighted by atomic mass is 10.3. The molecule has 0 aliphatic heterocycles. The van der Waals surface area contributed by atoms with E-state index in [-0.39, 0.29) is 22.3 Å². The van der Waals surface area contributed by atoms with Crippen LogP contribution in [0.4, 0.5) is 5.69 Å². The van der Waals surface area contributed by atoms with Crippen molar-refractivity contribution in [2.24, 2.45) is 0 Å². The molecule has 1 aromatic carbocycles. The molecule has 0 fully saturated rings. The van der Waals surface area contributed by atoms with Crippen LogP contribution in [-0.2, 0) is 9.84 Å². The lowest BCUT2D eigenvalue weighted by Gasteiger charge is -2.09. The second-order valence-corrected chi connectivity index (χ2v) is 5.97. The number of nitrogens with zero attached hydrogens (tertiary/aromatic N) is 2. The Morgan fingerprint density at radius 3 is 2.55 bits per heavy atom. The number of hydrogen-bond acceptors (Lipinski definition) is 7. The van der Waals surface area contributed by atoms with Crippen LogP contribution in [0.1, 0.15) is 0 Å². The maximum atomic E-state index is 11.5. The number of nitrogen functional groups attached to an aromatic ring is 1. The predicted octanol–water partition coefficient (Wildman–Crippen LogP) is 1.26. The van der Waals surface area contributed by atoms with E-state index in [0.717, 1.165) is 6.26 Å². The number of benzene rings is 1. The molecule has 0 aliphatic carbocycles. The summed E-state index contributed by atoms with van der Waals surface area (Å²) in [7, 11) is -1.89. The average Bonchev–Trinajstić information content (AvgIpc) is 2.40. The van der Waals surface area contributed by atoms with Crippen LogP contribution < -0.4 is 15.2 Å². The van der Waals surface area contributed by atoms with Crippen molar-refractivity contribution in [2.75, 3.05) is 19.1 Å². The lowest BCUT2D eigenvalue weighted by Crippen LogP contribution is -2.01. The maximum Gasteiger partial charge on any atom is 0.249 e. The Balaban J connectivity index is 2.36. The molecular formula is C12H13N3O4S. The summed E-state index contributed by atoms with van der Waals surface area (Å²) >= 11 is 0. The van der Waals surface area contributed by atoms with Gasteiger partial charge in [-0.1, -0.05) is 6.07 Å². The van der Waals surface area contributed by atoms with Crippen LogP contribution in [0, 0.1) is 0 Å². The lowest BCUT2D eigenvalue weighted by molar-refractivity contribution is 0.391. The summed E-state index contributed by atoms with van der Waals surface area (Å²) in [5.74, 6) is 0.595. The number of nitrogens with two attached hydrogens (primary N) is 1. The molecule has 2 aromatic rings. The van der Waals surface area contributed by atoms with E-state index in [1.807, 2.05) is 0 Å². The van der Waals surface area contributed by atoms with Crippen LogP contribution in [0.2, 0.25) is 0 Å². The molecule has 2 N–H and O–H groups in total. The Kier molecular flexibility index (Phi) is 3.75. The van der Waals surface area contributed by atoms with E-state index in [0.29, 0.717) is 5.75 Å². The Bertz CT molecular complexity index is 731. The number of aromatic nitrogens is 2. The zero-order chi connectivity index (χ0) is 14.8.